The summed E-state index contributed by atoms with van der Waals surface area (Å²) in [5.41, 5.74) is 5.25. The number of nitrogens with two attached hydrogens (primary N) is 1. The molecule has 2 nitrogen and oxygen atoms in total. The van der Waals surface area contributed by atoms with Crippen molar-refractivity contribution in [3.8, 4) is 0 Å². The first-order chi connectivity index (χ1) is 3.27. The molecule has 0 aliphatic heterocycles. The van der Waals surface area contributed by atoms with Gasteiger partial charge in [-0.1, -0.05) is 7.43 Å². The van der Waals surface area contributed by atoms with Crippen LogP contribution in [0.4, 0.5) is 0 Å². The van der Waals surface area contributed by atoms with E-state index in [2.05, 4.69) is 19.0 Å². The van der Waals surface area contributed by atoms with Gasteiger partial charge in [0.2, 0.25) is 0 Å². The largest absolute Gasteiger partial charge is 0.330 e. The molecule has 0 aliphatic rings. The highest BCUT2D eigenvalue weighted by atomic mass is 15.0. The molecule has 0 amide bonds. The Hall–Kier alpha value is -0.0800. The third-order valence-corrected chi connectivity index (χ3v) is 0.809. The van der Waals surface area contributed by atoms with Crippen LogP contribution >= 0.6 is 0 Å². The van der Waals surface area contributed by atoms with Crippen LogP contribution in [0.3, 0.4) is 0 Å². The lowest BCUT2D eigenvalue weighted by Crippen LogP contribution is -2.16. The molecular formula is C6H18N2. The Morgan fingerprint density at radius 1 is 1.38 bits per heavy atom. The SMILES string of the molecule is C.CN(C)CCCN. The van der Waals surface area contributed by atoms with Gasteiger partial charge >= 0.3 is 0 Å². The molecule has 0 radical (unpaired) electrons. The second kappa shape index (κ2) is 6.92. The van der Waals surface area contributed by atoms with Crippen molar-refractivity contribution in [1.82, 2.24) is 4.90 Å². The van der Waals surface area contributed by atoms with Gasteiger partial charge in [0, 0.05) is 0 Å². The first-order valence-corrected chi connectivity index (χ1v) is 2.62. The summed E-state index contributed by atoms with van der Waals surface area (Å²) in [6, 6.07) is 0. The number of hydrogen-bond donors (Lipinski definition) is 1. The molecule has 2 heteroatoms. The molecule has 0 aromatic carbocycles. The van der Waals surface area contributed by atoms with Crippen molar-refractivity contribution < 1.29 is 0 Å². The van der Waals surface area contributed by atoms with Crippen molar-refractivity contribution in [2.75, 3.05) is 27.2 Å². The third-order valence-electron chi connectivity index (χ3n) is 0.809. The maximum Gasteiger partial charge on any atom is -0.00128 e. The minimum absolute atomic E-state index is 0. The highest BCUT2D eigenvalue weighted by Gasteiger charge is 1.83. The predicted molar refractivity (Wildman–Crippen MR) is 39.0 cm³/mol. The Kier molecular flexibility index (Phi) is 9.36. The Labute approximate surface area is 52.7 Å². The molecule has 0 heterocycles. The van der Waals surface area contributed by atoms with Gasteiger partial charge in [-0.2, -0.15) is 0 Å². The topological polar surface area (TPSA) is 29.3 Å². The zero-order chi connectivity index (χ0) is 5.70. The Balaban J connectivity index is 0. The van der Waals surface area contributed by atoms with E-state index in [-0.39, 0.29) is 7.43 Å². The fourth-order valence-electron chi connectivity index (χ4n) is 0.408. The number of hydrogen-bond acceptors (Lipinski definition) is 2. The molecule has 0 bridgehead atoms. The standard InChI is InChI=1S/C5H14N2.CH4/c1-7(2)5-3-4-6;/h3-6H2,1-2H3;1H4. The second-order valence-electron chi connectivity index (χ2n) is 1.95. The van der Waals surface area contributed by atoms with E-state index < -0.39 is 0 Å². The highest BCUT2D eigenvalue weighted by molar-refractivity contribution is 4.42. The summed E-state index contributed by atoms with van der Waals surface area (Å²) in [4.78, 5) is 2.13. The van der Waals surface area contributed by atoms with Gasteiger partial charge in [-0.05, 0) is 33.6 Å². The molecule has 0 rings (SSSR count). The first kappa shape index (κ1) is 10.8. The summed E-state index contributed by atoms with van der Waals surface area (Å²) < 4.78 is 0. The van der Waals surface area contributed by atoms with Crippen molar-refractivity contribution in [1.29, 1.82) is 0 Å². The van der Waals surface area contributed by atoms with E-state index in [0.717, 1.165) is 19.5 Å². The van der Waals surface area contributed by atoms with E-state index in [0.29, 0.717) is 0 Å². The molecule has 0 aromatic heterocycles. The average Bonchev–Trinajstić information content (AvgIpc) is 1.61. The summed E-state index contributed by atoms with van der Waals surface area (Å²) in [5, 5.41) is 0. The summed E-state index contributed by atoms with van der Waals surface area (Å²) >= 11 is 0. The van der Waals surface area contributed by atoms with Gasteiger partial charge < -0.3 is 10.6 Å². The van der Waals surface area contributed by atoms with Crippen molar-refractivity contribution in [2.24, 2.45) is 5.73 Å². The van der Waals surface area contributed by atoms with Crippen LogP contribution < -0.4 is 5.73 Å². The molecule has 0 fully saturated rings. The van der Waals surface area contributed by atoms with E-state index in [1.807, 2.05) is 0 Å². The van der Waals surface area contributed by atoms with E-state index in [1.54, 1.807) is 0 Å². The summed E-state index contributed by atoms with van der Waals surface area (Å²) in [7, 11) is 4.10. The molecule has 52 valence electrons. The summed E-state index contributed by atoms with van der Waals surface area (Å²) in [6.45, 7) is 1.91. The van der Waals surface area contributed by atoms with Crippen LogP contribution in [0.5, 0.6) is 0 Å². The van der Waals surface area contributed by atoms with Crippen molar-refractivity contribution in [3.63, 3.8) is 0 Å². The lowest BCUT2D eigenvalue weighted by atomic mass is 10.4. The summed E-state index contributed by atoms with van der Waals surface area (Å²) in [6.07, 6.45) is 1.10. The Morgan fingerprint density at radius 2 is 1.88 bits per heavy atom. The van der Waals surface area contributed by atoms with Gasteiger partial charge in [-0.3, -0.25) is 0 Å². The lowest BCUT2D eigenvalue weighted by molar-refractivity contribution is 0.403. The quantitative estimate of drug-likeness (QED) is 0.586. The molecule has 0 spiro atoms. The van der Waals surface area contributed by atoms with Gasteiger partial charge in [0.05, 0.1) is 0 Å². The zero-order valence-electron chi connectivity index (χ0n) is 5.15. The Morgan fingerprint density at radius 3 is 2.00 bits per heavy atom. The average molecular weight is 118 g/mol. The third kappa shape index (κ3) is 9.33. The number of nitrogens with zero attached hydrogens (tertiary/aromatic N) is 1. The maximum atomic E-state index is 5.25. The van der Waals surface area contributed by atoms with E-state index in [9.17, 15) is 0 Å². The van der Waals surface area contributed by atoms with Gasteiger partial charge in [0.1, 0.15) is 0 Å². The van der Waals surface area contributed by atoms with Crippen molar-refractivity contribution in [2.45, 2.75) is 13.8 Å². The predicted octanol–water partition coefficient (Wildman–Crippen LogP) is 0.533. The van der Waals surface area contributed by atoms with Gasteiger partial charge in [0.25, 0.3) is 0 Å². The van der Waals surface area contributed by atoms with Crippen LogP contribution in [0.15, 0.2) is 0 Å². The maximum absolute atomic E-state index is 5.25. The molecule has 0 aliphatic carbocycles. The Bertz CT molecular complexity index is 35.5. The highest BCUT2D eigenvalue weighted by Crippen LogP contribution is 1.76. The number of rotatable bonds is 3. The monoisotopic (exact) mass is 118 g/mol. The van der Waals surface area contributed by atoms with E-state index in [4.69, 9.17) is 5.73 Å². The minimum Gasteiger partial charge on any atom is -0.330 e. The molecule has 0 saturated heterocycles. The first-order valence-electron chi connectivity index (χ1n) is 2.62. The van der Waals surface area contributed by atoms with Gasteiger partial charge in [0.15, 0.2) is 0 Å². The molecule has 0 unspecified atom stereocenters. The van der Waals surface area contributed by atoms with Crippen molar-refractivity contribution in [3.05, 3.63) is 0 Å². The lowest BCUT2D eigenvalue weighted by Gasteiger charge is -2.05. The zero-order valence-corrected chi connectivity index (χ0v) is 5.15. The molecule has 0 atom stereocenters. The molecular weight excluding hydrogens is 100 g/mol. The van der Waals surface area contributed by atoms with Crippen molar-refractivity contribution >= 4 is 0 Å². The minimum atomic E-state index is 0. The van der Waals surface area contributed by atoms with Gasteiger partial charge in [-0.15, -0.1) is 0 Å². The molecule has 0 saturated carbocycles. The van der Waals surface area contributed by atoms with Crippen LogP contribution in [-0.2, 0) is 0 Å². The fraction of sp³-hybridized carbons (Fsp3) is 1.00. The van der Waals surface area contributed by atoms with Crippen LogP contribution in [0.25, 0.3) is 0 Å². The molecule has 8 heavy (non-hydrogen) atoms. The van der Waals surface area contributed by atoms with Crippen LogP contribution in [-0.4, -0.2) is 32.1 Å². The molecule has 2 N–H and O–H groups in total. The van der Waals surface area contributed by atoms with Crippen LogP contribution in [0.2, 0.25) is 0 Å². The van der Waals surface area contributed by atoms with Crippen LogP contribution in [0.1, 0.15) is 13.8 Å². The summed E-state index contributed by atoms with van der Waals surface area (Å²) in [5.74, 6) is 0. The van der Waals surface area contributed by atoms with E-state index in [1.165, 1.54) is 0 Å². The smallest absolute Gasteiger partial charge is 0.00128 e. The second-order valence-corrected chi connectivity index (χ2v) is 1.95. The molecule has 0 aromatic rings. The fourth-order valence-corrected chi connectivity index (χ4v) is 0.408. The van der Waals surface area contributed by atoms with Gasteiger partial charge in [-0.25, -0.2) is 0 Å². The van der Waals surface area contributed by atoms with Crippen LogP contribution in [0, 0.1) is 0 Å². The van der Waals surface area contributed by atoms with E-state index >= 15 is 0 Å². The normalized spacial score (nSPS) is 9.00.